The lowest BCUT2D eigenvalue weighted by molar-refractivity contribution is 0.0574. The van der Waals surface area contributed by atoms with E-state index in [1.54, 1.807) is 26.8 Å². The summed E-state index contributed by atoms with van der Waals surface area (Å²) in [5, 5.41) is 8.05. The van der Waals surface area contributed by atoms with Crippen molar-refractivity contribution < 1.29 is 32.2 Å². The fourth-order valence-corrected chi connectivity index (χ4v) is 4.76. The molecule has 9 nitrogen and oxygen atoms in total. The molecule has 1 aromatic carbocycles. The number of rotatable bonds is 1. The first-order valence-electron chi connectivity index (χ1n) is 11.9. The van der Waals surface area contributed by atoms with Crippen LogP contribution in [0.25, 0.3) is 16.9 Å². The molecule has 0 unspecified atom stereocenters. The van der Waals surface area contributed by atoms with E-state index in [4.69, 9.17) is 14.2 Å². The van der Waals surface area contributed by atoms with E-state index < -0.39 is 29.1 Å². The number of anilines is 1. The van der Waals surface area contributed by atoms with Crippen molar-refractivity contribution in [3.8, 4) is 22.8 Å². The summed E-state index contributed by atoms with van der Waals surface area (Å²) in [5.74, 6) is -1.78. The number of fused-ring (bicyclic) bond motifs is 3. The summed E-state index contributed by atoms with van der Waals surface area (Å²) >= 11 is 0. The average molecular weight is 525 g/mol. The van der Waals surface area contributed by atoms with Crippen molar-refractivity contribution in [1.29, 1.82) is 0 Å². The Bertz CT molecular complexity index is 1600. The highest BCUT2D eigenvalue weighted by Crippen LogP contribution is 2.44. The van der Waals surface area contributed by atoms with Gasteiger partial charge in [0.1, 0.15) is 35.0 Å². The Labute approximate surface area is 214 Å². The van der Waals surface area contributed by atoms with Gasteiger partial charge in [0.25, 0.3) is 0 Å². The molecular weight excluding hydrogens is 503 g/mol. The van der Waals surface area contributed by atoms with Gasteiger partial charge >= 0.3 is 6.09 Å². The number of amides is 1. The number of ether oxygens (including phenoxy) is 3. The molecule has 5 heterocycles. The minimum absolute atomic E-state index is 0.0744. The van der Waals surface area contributed by atoms with Crippen molar-refractivity contribution in [2.75, 3.05) is 18.1 Å². The zero-order valence-electron chi connectivity index (χ0n) is 20.7. The predicted octanol–water partition coefficient (Wildman–Crippen LogP) is 5.02. The Morgan fingerprint density at radius 1 is 1.08 bits per heavy atom. The minimum Gasteiger partial charge on any atom is -0.493 e. The number of carbonyl (C=O) groups is 1. The molecule has 2 aliphatic rings. The van der Waals surface area contributed by atoms with Crippen molar-refractivity contribution in [3.63, 3.8) is 0 Å². The van der Waals surface area contributed by atoms with Crippen LogP contribution in [0.1, 0.15) is 37.8 Å². The van der Waals surface area contributed by atoms with Gasteiger partial charge in [-0.1, -0.05) is 0 Å². The van der Waals surface area contributed by atoms with Crippen LogP contribution in [0.3, 0.4) is 0 Å². The summed E-state index contributed by atoms with van der Waals surface area (Å²) in [7, 11) is 0. The number of hydrogen-bond donors (Lipinski definition) is 0. The zero-order chi connectivity index (χ0) is 26.8. The van der Waals surface area contributed by atoms with Gasteiger partial charge in [-0.2, -0.15) is 0 Å². The maximum Gasteiger partial charge on any atom is 0.416 e. The van der Waals surface area contributed by atoms with Gasteiger partial charge in [-0.05, 0) is 39.0 Å². The second kappa shape index (κ2) is 8.61. The van der Waals surface area contributed by atoms with Crippen LogP contribution >= 0.6 is 0 Å². The third kappa shape index (κ3) is 3.96. The van der Waals surface area contributed by atoms with Crippen LogP contribution < -0.4 is 14.4 Å². The summed E-state index contributed by atoms with van der Waals surface area (Å²) < 4.78 is 62.8. The average Bonchev–Trinajstić information content (AvgIpc) is 3.49. The molecule has 0 fully saturated rings. The Balaban J connectivity index is 1.61. The molecule has 196 valence electrons. The number of pyridine rings is 2. The van der Waals surface area contributed by atoms with Gasteiger partial charge in [-0.15, -0.1) is 10.2 Å². The van der Waals surface area contributed by atoms with E-state index in [1.807, 2.05) is 0 Å². The molecule has 0 saturated heterocycles. The van der Waals surface area contributed by atoms with Gasteiger partial charge in [0, 0.05) is 17.2 Å². The Morgan fingerprint density at radius 3 is 2.58 bits per heavy atom. The quantitative estimate of drug-likeness (QED) is 0.345. The van der Waals surface area contributed by atoms with E-state index in [-0.39, 0.29) is 59.7 Å². The second-order valence-corrected chi connectivity index (χ2v) is 10.1. The maximum absolute atomic E-state index is 15.3. The van der Waals surface area contributed by atoms with Crippen LogP contribution in [0, 0.1) is 17.5 Å². The van der Waals surface area contributed by atoms with Crippen molar-refractivity contribution in [1.82, 2.24) is 19.6 Å². The Kier molecular flexibility index (Phi) is 5.44. The molecule has 0 N–H and O–H groups in total. The van der Waals surface area contributed by atoms with Crippen molar-refractivity contribution in [3.05, 3.63) is 65.4 Å². The lowest BCUT2D eigenvalue weighted by atomic mass is 9.95. The first kappa shape index (κ1) is 24.0. The van der Waals surface area contributed by atoms with Crippen molar-refractivity contribution in [2.45, 2.75) is 38.8 Å². The van der Waals surface area contributed by atoms with Crippen molar-refractivity contribution in [2.24, 2.45) is 0 Å². The normalized spacial score (nSPS) is 16.6. The summed E-state index contributed by atoms with van der Waals surface area (Å²) in [5.41, 5.74) is 0.114. The summed E-state index contributed by atoms with van der Waals surface area (Å²) in [6.07, 6.45) is 1.43. The molecule has 0 spiro atoms. The lowest BCUT2D eigenvalue weighted by Gasteiger charge is -2.29. The topological polar surface area (TPSA) is 91.1 Å². The van der Waals surface area contributed by atoms with E-state index in [1.165, 1.54) is 27.8 Å². The van der Waals surface area contributed by atoms with Crippen LogP contribution in [-0.4, -0.2) is 44.5 Å². The van der Waals surface area contributed by atoms with E-state index in [0.29, 0.717) is 17.4 Å². The second-order valence-electron chi connectivity index (χ2n) is 10.1. The molecule has 38 heavy (non-hydrogen) atoms. The summed E-state index contributed by atoms with van der Waals surface area (Å²) in [6, 6.07) is 5.02. The highest BCUT2D eigenvalue weighted by molar-refractivity contribution is 5.91. The number of benzene rings is 1. The number of hydrogen-bond acceptors (Lipinski definition) is 7. The van der Waals surface area contributed by atoms with Crippen LogP contribution in [-0.2, 0) is 11.3 Å². The maximum atomic E-state index is 15.3. The third-order valence-corrected chi connectivity index (χ3v) is 6.31. The Hall–Kier alpha value is -4.35. The van der Waals surface area contributed by atoms with Crippen LogP contribution in [0.2, 0.25) is 0 Å². The molecule has 12 heteroatoms. The molecule has 2 aliphatic heterocycles. The number of halogens is 3. The van der Waals surface area contributed by atoms with Gasteiger partial charge < -0.3 is 14.2 Å². The third-order valence-electron chi connectivity index (χ3n) is 6.31. The fourth-order valence-electron chi connectivity index (χ4n) is 4.76. The predicted molar refractivity (Wildman–Crippen MR) is 129 cm³/mol. The number of carbonyl (C=O) groups excluding carboxylic acids is 1. The number of nitrogens with zero attached hydrogens (tertiary/aromatic N) is 5. The molecule has 0 aliphatic carbocycles. The SMILES string of the molecule is CC(C)(C)OC(=O)N1Cc2c(F)ccc3c2[C@@H](CO3)COc2cc(-c3ncc(F)cc3F)c3nncn3c21. The Morgan fingerprint density at radius 2 is 1.84 bits per heavy atom. The van der Waals surface area contributed by atoms with Gasteiger partial charge in [-0.3, -0.25) is 9.30 Å². The zero-order valence-corrected chi connectivity index (χ0v) is 20.7. The molecule has 3 aromatic heterocycles. The molecule has 1 amide bonds. The van der Waals surface area contributed by atoms with Crippen molar-refractivity contribution >= 4 is 17.6 Å². The van der Waals surface area contributed by atoms with Gasteiger partial charge in [-0.25, -0.2) is 22.9 Å². The van der Waals surface area contributed by atoms with Crippen LogP contribution in [0.4, 0.5) is 23.8 Å². The van der Waals surface area contributed by atoms with Gasteiger partial charge in [0.05, 0.1) is 37.4 Å². The van der Waals surface area contributed by atoms with Crippen LogP contribution in [0.15, 0.2) is 36.8 Å². The molecule has 0 radical (unpaired) electrons. The highest BCUT2D eigenvalue weighted by atomic mass is 19.1. The monoisotopic (exact) mass is 525 g/mol. The first-order valence-corrected chi connectivity index (χ1v) is 11.9. The van der Waals surface area contributed by atoms with Crippen LogP contribution in [0.5, 0.6) is 11.5 Å². The molecule has 6 rings (SSSR count). The standard InChI is InChI=1S/C26H22F3N5O4/c1-26(2,3)38-25(35)33-9-16-17(28)4-5-19-21(16)13(10-36-19)11-37-20-7-15(22-18(29)6-14(27)8-30-22)23-32-31-12-34(23)24(20)33/h4-8,12-13H,9-11H2,1-3H3/t13-/m0/s1. The highest BCUT2D eigenvalue weighted by Gasteiger charge is 2.37. The molecular formula is C26H22F3N5O4. The van der Waals surface area contributed by atoms with E-state index in [2.05, 4.69) is 15.2 Å². The summed E-state index contributed by atoms with van der Waals surface area (Å²) in [6.45, 7) is 5.25. The smallest absolute Gasteiger partial charge is 0.416 e. The fraction of sp³-hybridized carbons (Fsp3) is 0.308. The van der Waals surface area contributed by atoms with E-state index in [0.717, 1.165) is 6.20 Å². The first-order chi connectivity index (χ1) is 18.1. The van der Waals surface area contributed by atoms with E-state index >= 15 is 4.39 Å². The molecule has 1 atom stereocenters. The molecule has 4 aromatic rings. The minimum atomic E-state index is -0.912. The molecule has 0 saturated carbocycles. The van der Waals surface area contributed by atoms with Gasteiger partial charge in [0.15, 0.2) is 23.0 Å². The number of aromatic nitrogens is 4. The largest absolute Gasteiger partial charge is 0.493 e. The van der Waals surface area contributed by atoms with E-state index in [9.17, 15) is 13.6 Å². The lowest BCUT2D eigenvalue weighted by Crippen LogP contribution is -2.38. The molecule has 0 bridgehead atoms. The van der Waals surface area contributed by atoms with Gasteiger partial charge in [0.2, 0.25) is 0 Å². The summed E-state index contributed by atoms with van der Waals surface area (Å²) in [4.78, 5) is 18.7.